The van der Waals surface area contributed by atoms with E-state index in [4.69, 9.17) is 14.4 Å². The van der Waals surface area contributed by atoms with Gasteiger partial charge in [-0.2, -0.15) is 0 Å². The summed E-state index contributed by atoms with van der Waals surface area (Å²) >= 11 is 0. The second-order valence-electron chi connectivity index (χ2n) is 14.9. The molecule has 0 atom stereocenters. The highest BCUT2D eigenvalue weighted by atomic mass is 16.3. The van der Waals surface area contributed by atoms with Gasteiger partial charge >= 0.3 is 0 Å². The number of hydrogen-bond acceptors (Lipinski definition) is 3. The lowest BCUT2D eigenvalue weighted by atomic mass is 9.96. The highest BCUT2D eigenvalue weighted by molar-refractivity contribution is 6.28. The van der Waals surface area contributed by atoms with Crippen LogP contribution >= 0.6 is 0 Å². The highest BCUT2D eigenvalue weighted by Crippen LogP contribution is 2.51. The van der Waals surface area contributed by atoms with Crippen LogP contribution in [-0.4, -0.2) is 14.5 Å². The lowest BCUT2D eigenvalue weighted by molar-refractivity contribution is 0.669. The summed E-state index contributed by atoms with van der Waals surface area (Å²) in [4.78, 5) is 10.7. The zero-order chi connectivity index (χ0) is 36.5. The van der Waals surface area contributed by atoms with Gasteiger partial charge in [-0.15, -0.1) is 0 Å². The first-order valence-electron chi connectivity index (χ1n) is 19.1. The predicted octanol–water partition coefficient (Wildman–Crippen LogP) is 13.9. The molecule has 13 rings (SSSR count). The van der Waals surface area contributed by atoms with Gasteiger partial charge in [-0.1, -0.05) is 133 Å². The number of furan rings is 1. The molecule has 0 amide bonds. The predicted molar refractivity (Wildman–Crippen MR) is 231 cm³/mol. The minimum Gasteiger partial charge on any atom is -0.456 e. The van der Waals surface area contributed by atoms with Gasteiger partial charge in [0.25, 0.3) is 0 Å². The Bertz CT molecular complexity index is 3650. The fourth-order valence-electron chi connectivity index (χ4n) is 9.48. The Labute approximate surface area is 320 Å². The summed E-state index contributed by atoms with van der Waals surface area (Å²) in [5, 5.41) is 10.5. The molecule has 0 N–H and O–H groups in total. The molecule has 12 aromatic rings. The zero-order valence-electron chi connectivity index (χ0n) is 30.0. The minimum absolute atomic E-state index is 0.655. The molecule has 4 nitrogen and oxygen atoms in total. The molecule has 4 heteroatoms. The summed E-state index contributed by atoms with van der Waals surface area (Å²) in [7, 11) is 0. The SMILES string of the molecule is c1ccc(-c2nc(-n3c4ccccc4c4cc(-c5ccc6oc7cc8c9c(cccc9c7c6c5)-c5ccccc5-8)ccc43)nc3ccc4ccccc4c23)cc1. The van der Waals surface area contributed by atoms with E-state index in [-0.39, 0.29) is 0 Å². The maximum atomic E-state index is 6.59. The Morgan fingerprint density at radius 3 is 1.96 bits per heavy atom. The summed E-state index contributed by atoms with van der Waals surface area (Å²) in [5.41, 5.74) is 14.3. The maximum absolute atomic E-state index is 6.59. The number of hydrogen-bond donors (Lipinski definition) is 0. The molecule has 0 unspecified atom stereocenters. The van der Waals surface area contributed by atoms with Gasteiger partial charge < -0.3 is 4.42 Å². The van der Waals surface area contributed by atoms with Crippen molar-refractivity contribution in [2.24, 2.45) is 0 Å². The molecule has 1 aliphatic carbocycles. The van der Waals surface area contributed by atoms with Crippen molar-refractivity contribution in [3.63, 3.8) is 0 Å². The van der Waals surface area contributed by atoms with Gasteiger partial charge in [0.05, 0.1) is 22.2 Å². The standard InChI is InChI=1S/C52H29N3O/c1-2-12-31(13-3-1)51-50-34-14-5-4-11-30(34)21-24-43(50)53-52(54-51)55-44-20-9-8-17-37(44)40-27-32(22-25-45(40)55)33-23-26-46-42(28-33)49-39-19-10-18-38-35-15-6-7-16-36(35)41(48(38)39)29-47(49)56-46/h1-29H. The number of fused-ring (bicyclic) bond motifs is 13. The lowest BCUT2D eigenvalue weighted by Crippen LogP contribution is -2.03. The Morgan fingerprint density at radius 2 is 1.07 bits per heavy atom. The monoisotopic (exact) mass is 711 g/mol. The van der Waals surface area contributed by atoms with E-state index < -0.39 is 0 Å². The molecule has 0 fully saturated rings. The van der Waals surface area contributed by atoms with Gasteiger partial charge in [-0.05, 0) is 97.4 Å². The van der Waals surface area contributed by atoms with Crippen molar-refractivity contribution < 1.29 is 4.42 Å². The van der Waals surface area contributed by atoms with E-state index in [1.807, 2.05) is 0 Å². The molecule has 0 saturated carbocycles. The molecule has 0 radical (unpaired) electrons. The molecule has 56 heavy (non-hydrogen) atoms. The van der Waals surface area contributed by atoms with Gasteiger partial charge in [0.1, 0.15) is 11.2 Å². The average molecular weight is 712 g/mol. The fraction of sp³-hybridized carbons (Fsp3) is 0. The summed E-state index contributed by atoms with van der Waals surface area (Å²) < 4.78 is 8.82. The van der Waals surface area contributed by atoms with E-state index in [9.17, 15) is 0 Å². The molecule has 3 aromatic heterocycles. The van der Waals surface area contributed by atoms with Crippen LogP contribution in [0, 0.1) is 0 Å². The van der Waals surface area contributed by atoms with Crippen molar-refractivity contribution >= 4 is 76.2 Å². The van der Waals surface area contributed by atoms with Gasteiger partial charge in [0, 0.05) is 32.5 Å². The number of rotatable bonds is 3. The molecule has 0 saturated heterocycles. The van der Waals surface area contributed by atoms with Crippen LogP contribution in [0.15, 0.2) is 180 Å². The van der Waals surface area contributed by atoms with Gasteiger partial charge in [-0.25, -0.2) is 9.97 Å². The minimum atomic E-state index is 0.655. The van der Waals surface area contributed by atoms with Gasteiger partial charge in [-0.3, -0.25) is 4.57 Å². The molecular weight excluding hydrogens is 683 g/mol. The van der Waals surface area contributed by atoms with E-state index in [2.05, 4.69) is 180 Å². The fourth-order valence-corrected chi connectivity index (χ4v) is 9.48. The topological polar surface area (TPSA) is 43.9 Å². The van der Waals surface area contributed by atoms with Crippen LogP contribution in [0.3, 0.4) is 0 Å². The Morgan fingerprint density at radius 1 is 0.375 bits per heavy atom. The van der Waals surface area contributed by atoms with Crippen molar-refractivity contribution in [3.05, 3.63) is 176 Å². The van der Waals surface area contributed by atoms with E-state index in [1.54, 1.807) is 0 Å². The van der Waals surface area contributed by atoms with Gasteiger partial charge in [0.15, 0.2) is 0 Å². The summed E-state index contributed by atoms with van der Waals surface area (Å²) in [6.07, 6.45) is 0. The quantitative estimate of drug-likeness (QED) is 0.171. The number of para-hydroxylation sites is 1. The molecule has 258 valence electrons. The first-order chi connectivity index (χ1) is 27.8. The average Bonchev–Trinajstić information content (AvgIpc) is 3.91. The lowest BCUT2D eigenvalue weighted by Gasteiger charge is -2.13. The van der Waals surface area contributed by atoms with E-state index in [1.165, 1.54) is 43.8 Å². The first kappa shape index (κ1) is 29.8. The van der Waals surface area contributed by atoms with E-state index in [0.29, 0.717) is 5.95 Å². The third kappa shape index (κ3) is 4.02. The molecule has 9 aromatic carbocycles. The molecule has 0 aliphatic heterocycles. The third-order valence-corrected chi connectivity index (χ3v) is 11.9. The molecular formula is C52H29N3O. The largest absolute Gasteiger partial charge is 0.456 e. The first-order valence-corrected chi connectivity index (χ1v) is 19.1. The molecule has 3 heterocycles. The molecule has 0 bridgehead atoms. The molecule has 1 aliphatic rings. The van der Waals surface area contributed by atoms with E-state index >= 15 is 0 Å². The van der Waals surface area contributed by atoms with Crippen LogP contribution in [0.1, 0.15) is 0 Å². The van der Waals surface area contributed by atoms with Crippen LogP contribution < -0.4 is 0 Å². The van der Waals surface area contributed by atoms with Crippen LogP contribution in [0.25, 0.3) is 127 Å². The normalized spacial score (nSPS) is 12.3. The van der Waals surface area contributed by atoms with Crippen molar-refractivity contribution in [2.75, 3.05) is 0 Å². The number of nitrogens with zero attached hydrogens (tertiary/aromatic N) is 3. The van der Waals surface area contributed by atoms with Crippen molar-refractivity contribution in [1.82, 2.24) is 14.5 Å². The Balaban J connectivity index is 1.02. The third-order valence-electron chi connectivity index (χ3n) is 11.9. The van der Waals surface area contributed by atoms with E-state index in [0.717, 1.165) is 77.0 Å². The summed E-state index contributed by atoms with van der Waals surface area (Å²) in [6, 6.07) is 62.9. The van der Waals surface area contributed by atoms with Crippen molar-refractivity contribution in [2.45, 2.75) is 0 Å². The van der Waals surface area contributed by atoms with Crippen LogP contribution in [0.4, 0.5) is 0 Å². The second kappa shape index (κ2) is 11.0. The number of benzene rings is 9. The van der Waals surface area contributed by atoms with Crippen LogP contribution in [0.2, 0.25) is 0 Å². The highest BCUT2D eigenvalue weighted by Gasteiger charge is 2.25. The zero-order valence-corrected chi connectivity index (χ0v) is 30.0. The Hall–Kier alpha value is -7.56. The van der Waals surface area contributed by atoms with Crippen LogP contribution in [-0.2, 0) is 0 Å². The molecule has 0 spiro atoms. The number of aromatic nitrogens is 3. The smallest absolute Gasteiger partial charge is 0.235 e. The van der Waals surface area contributed by atoms with Gasteiger partial charge in [0.2, 0.25) is 5.95 Å². The summed E-state index contributed by atoms with van der Waals surface area (Å²) in [6.45, 7) is 0. The Kier molecular flexibility index (Phi) is 5.86. The second-order valence-corrected chi connectivity index (χ2v) is 14.9. The summed E-state index contributed by atoms with van der Waals surface area (Å²) in [5.74, 6) is 0.655. The van der Waals surface area contributed by atoms with Crippen LogP contribution in [0.5, 0.6) is 0 Å². The van der Waals surface area contributed by atoms with Crippen molar-refractivity contribution in [1.29, 1.82) is 0 Å². The maximum Gasteiger partial charge on any atom is 0.235 e. The van der Waals surface area contributed by atoms with Crippen molar-refractivity contribution in [3.8, 4) is 50.6 Å².